The Morgan fingerprint density at radius 2 is 1.56 bits per heavy atom. The average Bonchev–Trinajstić information content (AvgIpc) is 2.92. The van der Waals surface area contributed by atoms with E-state index >= 15 is 0 Å². The molecule has 3 aliphatic heterocycles. The van der Waals surface area contributed by atoms with Crippen molar-refractivity contribution in [3.8, 4) is 0 Å². The Kier molecular flexibility index (Phi) is 12.0. The third kappa shape index (κ3) is 7.08. The molecule has 0 amide bonds. The zero-order chi connectivity index (χ0) is 20.8. The first kappa shape index (κ1) is 31.1. The quantitative estimate of drug-likeness (QED) is 0.168. The van der Waals surface area contributed by atoms with Crippen LogP contribution in [0, 0.1) is 0 Å². The first-order chi connectivity index (χ1) is 13.7. The monoisotopic (exact) mass is 814 g/mol. The van der Waals surface area contributed by atoms with Crippen LogP contribution in [-0.4, -0.2) is 68.7 Å². The number of rotatable bonds is 2. The van der Waals surface area contributed by atoms with Crippen molar-refractivity contribution in [2.45, 2.75) is 32.2 Å². The van der Waals surface area contributed by atoms with Crippen molar-refractivity contribution in [2.24, 2.45) is 7.05 Å². The Balaban J connectivity index is 0.00000171. The first-order valence-electron chi connectivity index (χ1n) is 10.8. The Hall–Kier alpha value is 1.11. The molecule has 0 atom stereocenters. The number of thiazole rings is 1. The standard InChI is InChI=1S/C23H37N4S2.3HI/c1-24-18-10-8-14-26(3,4)16-20(18)28-22(24)12-7-13-23-25(2)19-11-9-15-27(5,6)17-21(19)29-23;;;/h7,12-13H,8-11,14-17H2,1-6H3;3*1H/q+3;;;/p-3. The number of hydrogen-bond acceptors (Lipinski definition) is 3. The van der Waals surface area contributed by atoms with Crippen molar-refractivity contribution in [3.63, 3.8) is 0 Å². The zero-order valence-corrected chi connectivity index (χ0v) is 28.2. The number of nitrogens with zero attached hydrogens (tertiary/aromatic N) is 4. The van der Waals surface area contributed by atoms with Crippen molar-refractivity contribution in [1.29, 1.82) is 0 Å². The van der Waals surface area contributed by atoms with Crippen LogP contribution in [0.2, 0.25) is 0 Å². The molecule has 1 aromatic rings. The molecule has 0 radical (unpaired) electrons. The summed E-state index contributed by atoms with van der Waals surface area (Å²) in [5.41, 5.74) is 3.10. The van der Waals surface area contributed by atoms with Gasteiger partial charge in [-0.1, -0.05) is 29.2 Å². The molecular formula is C23H37I3N4S2. The Morgan fingerprint density at radius 3 is 2.25 bits per heavy atom. The summed E-state index contributed by atoms with van der Waals surface area (Å²) in [6.45, 7) is 4.86. The zero-order valence-electron chi connectivity index (χ0n) is 20.1. The van der Waals surface area contributed by atoms with Gasteiger partial charge in [0.25, 0.3) is 5.01 Å². The van der Waals surface area contributed by atoms with Crippen LogP contribution in [0.25, 0.3) is 6.08 Å². The van der Waals surface area contributed by atoms with Gasteiger partial charge in [-0.2, -0.15) is 4.57 Å². The number of halogens is 3. The fourth-order valence-electron chi connectivity index (χ4n) is 4.80. The highest BCUT2D eigenvalue weighted by molar-refractivity contribution is 8.07. The number of aromatic nitrogens is 1. The highest BCUT2D eigenvalue weighted by atomic mass is 127. The molecule has 0 aromatic carbocycles. The van der Waals surface area contributed by atoms with Gasteiger partial charge in [0, 0.05) is 38.1 Å². The van der Waals surface area contributed by atoms with E-state index in [4.69, 9.17) is 0 Å². The molecule has 0 unspecified atom stereocenters. The molecule has 0 bridgehead atoms. The van der Waals surface area contributed by atoms with Gasteiger partial charge >= 0.3 is 0 Å². The first-order valence-corrected chi connectivity index (χ1v) is 12.5. The van der Waals surface area contributed by atoms with Crippen molar-refractivity contribution in [1.82, 2.24) is 4.90 Å². The number of quaternary nitrogens is 2. The average molecular weight is 814 g/mol. The van der Waals surface area contributed by atoms with Gasteiger partial charge in [0.2, 0.25) is 5.69 Å². The summed E-state index contributed by atoms with van der Waals surface area (Å²) < 4.78 is 4.64. The normalized spacial score (nSPS) is 22.9. The fourth-order valence-corrected chi connectivity index (χ4v) is 7.63. The van der Waals surface area contributed by atoms with Gasteiger partial charge in [0.1, 0.15) is 25.0 Å². The summed E-state index contributed by atoms with van der Waals surface area (Å²) in [6, 6.07) is 0. The topological polar surface area (TPSA) is 7.12 Å². The molecule has 4 rings (SSSR count). The lowest BCUT2D eigenvalue weighted by Gasteiger charge is -2.28. The van der Waals surface area contributed by atoms with Gasteiger partial charge in [-0.15, -0.1) is 0 Å². The summed E-state index contributed by atoms with van der Waals surface area (Å²) in [4.78, 5) is 5.57. The van der Waals surface area contributed by atoms with E-state index in [2.05, 4.69) is 70.0 Å². The summed E-state index contributed by atoms with van der Waals surface area (Å²) in [7, 11) is 13.9. The smallest absolute Gasteiger partial charge is 0.262 e. The van der Waals surface area contributed by atoms with E-state index in [0.29, 0.717) is 0 Å². The number of likely N-dealkylation sites (N-methyl/N-ethyl adjacent to an activating group) is 1. The van der Waals surface area contributed by atoms with E-state index in [1.165, 1.54) is 48.8 Å². The van der Waals surface area contributed by atoms with Crippen LogP contribution < -0.4 is 76.5 Å². The molecule has 32 heavy (non-hydrogen) atoms. The molecule has 4 nitrogen and oxygen atoms in total. The predicted octanol–water partition coefficient (Wildman–Crippen LogP) is -5.28. The SMILES string of the molecule is CN1C(=CC=Cc2sc3c([n+]2C)CCC[N+](C)(C)C3)SC2=C1CCC[N+](C)(C)C2.[I-].[I-].[I-]. The lowest BCUT2D eigenvalue weighted by Crippen LogP contribution is -3.00. The van der Waals surface area contributed by atoms with E-state index in [1.807, 2.05) is 23.1 Å². The molecule has 0 spiro atoms. The van der Waals surface area contributed by atoms with Crippen LogP contribution in [0.4, 0.5) is 0 Å². The van der Waals surface area contributed by atoms with Crippen LogP contribution in [0.1, 0.15) is 34.8 Å². The Labute approximate surface area is 254 Å². The maximum absolute atomic E-state index is 2.43. The maximum Gasteiger partial charge on any atom is 0.262 e. The minimum atomic E-state index is 0. The molecule has 182 valence electrons. The molecule has 4 heterocycles. The van der Waals surface area contributed by atoms with Gasteiger partial charge in [-0.05, 0) is 12.5 Å². The van der Waals surface area contributed by atoms with Crippen LogP contribution in [-0.2, 0) is 20.0 Å². The lowest BCUT2D eigenvalue weighted by atomic mass is 10.2. The molecule has 0 fully saturated rings. The second-order valence-corrected chi connectivity index (χ2v) is 12.3. The van der Waals surface area contributed by atoms with E-state index in [9.17, 15) is 0 Å². The lowest BCUT2D eigenvalue weighted by molar-refractivity contribution is -0.902. The van der Waals surface area contributed by atoms with Crippen LogP contribution in [0.5, 0.6) is 0 Å². The molecular weight excluding hydrogens is 777 g/mol. The second-order valence-electron chi connectivity index (χ2n) is 10.1. The number of thioether (sulfide) groups is 1. The highest BCUT2D eigenvalue weighted by Crippen LogP contribution is 2.44. The van der Waals surface area contributed by atoms with Gasteiger partial charge < -0.3 is 85.8 Å². The summed E-state index contributed by atoms with van der Waals surface area (Å²) in [5, 5.41) is 2.73. The number of fused-ring (bicyclic) bond motifs is 1. The molecule has 0 N–H and O–H groups in total. The van der Waals surface area contributed by atoms with Gasteiger partial charge in [0.05, 0.1) is 51.2 Å². The van der Waals surface area contributed by atoms with Crippen molar-refractivity contribution in [2.75, 3.05) is 54.9 Å². The number of hydrogen-bond donors (Lipinski definition) is 0. The van der Waals surface area contributed by atoms with Crippen LogP contribution in [0.3, 0.4) is 0 Å². The molecule has 3 aliphatic rings. The van der Waals surface area contributed by atoms with Crippen LogP contribution in [0.15, 0.2) is 27.8 Å². The van der Waals surface area contributed by atoms with E-state index in [1.54, 1.807) is 21.2 Å². The van der Waals surface area contributed by atoms with Crippen molar-refractivity contribution < 1.29 is 85.5 Å². The Bertz CT molecular complexity index is 903. The Morgan fingerprint density at radius 1 is 0.938 bits per heavy atom. The fraction of sp³-hybridized carbons (Fsp3) is 0.609. The number of allylic oxidation sites excluding steroid dienone is 3. The van der Waals surface area contributed by atoms with Gasteiger partial charge in [-0.3, -0.25) is 0 Å². The molecule has 0 saturated carbocycles. The van der Waals surface area contributed by atoms with Crippen molar-refractivity contribution >= 4 is 29.2 Å². The summed E-state index contributed by atoms with van der Waals surface area (Å²) in [5.74, 6) is 0. The summed E-state index contributed by atoms with van der Waals surface area (Å²) in [6.07, 6.45) is 11.9. The minimum Gasteiger partial charge on any atom is -1.00 e. The van der Waals surface area contributed by atoms with Gasteiger partial charge in [0.15, 0.2) is 0 Å². The van der Waals surface area contributed by atoms with E-state index in [0.717, 1.165) is 22.1 Å². The molecule has 1 aromatic heterocycles. The molecule has 9 heteroatoms. The van der Waals surface area contributed by atoms with Crippen LogP contribution >= 0.6 is 23.1 Å². The predicted molar refractivity (Wildman–Crippen MR) is 125 cm³/mol. The van der Waals surface area contributed by atoms with Crippen molar-refractivity contribution in [3.05, 3.63) is 43.4 Å². The molecule has 0 saturated heterocycles. The second kappa shape index (κ2) is 12.4. The largest absolute Gasteiger partial charge is 1.00 e. The van der Waals surface area contributed by atoms with E-state index < -0.39 is 0 Å². The van der Waals surface area contributed by atoms with E-state index in [-0.39, 0.29) is 71.9 Å². The maximum atomic E-state index is 2.43. The molecule has 0 aliphatic carbocycles. The highest BCUT2D eigenvalue weighted by Gasteiger charge is 2.33. The summed E-state index contributed by atoms with van der Waals surface area (Å²) >= 11 is 3.96. The van der Waals surface area contributed by atoms with Gasteiger partial charge in [-0.25, -0.2) is 0 Å². The third-order valence-corrected chi connectivity index (χ3v) is 9.01. The minimum absolute atomic E-state index is 0. The third-order valence-electron chi connectivity index (χ3n) is 6.55.